The number of piperazine rings is 1. The van der Waals surface area contributed by atoms with Crippen LogP contribution >= 0.6 is 0 Å². The molecule has 2 amide bonds. The summed E-state index contributed by atoms with van der Waals surface area (Å²) < 4.78 is 5.12. The van der Waals surface area contributed by atoms with Gasteiger partial charge in [-0.05, 0) is 5.56 Å². The van der Waals surface area contributed by atoms with Crippen molar-refractivity contribution >= 4 is 17.9 Å². The Morgan fingerprint density at radius 3 is 2.56 bits per heavy atom. The lowest BCUT2D eigenvalue weighted by Gasteiger charge is -2.34. The second-order valence-electron chi connectivity index (χ2n) is 7.62. The number of carbonyl (C=O) groups is 2. The van der Waals surface area contributed by atoms with Gasteiger partial charge in [-0.1, -0.05) is 42.5 Å². The van der Waals surface area contributed by atoms with Gasteiger partial charge in [0.05, 0.1) is 12.8 Å². The first kappa shape index (κ1) is 23.6. The lowest BCUT2D eigenvalue weighted by molar-refractivity contribution is -0.133. The quantitative estimate of drug-likeness (QED) is 0.564. The molecule has 1 aromatic heterocycles. The van der Waals surface area contributed by atoms with Crippen LogP contribution in [0.4, 0.5) is 0 Å². The van der Waals surface area contributed by atoms with Crippen molar-refractivity contribution in [1.29, 1.82) is 0 Å². The SMILES string of the molecule is COCCN(CCC(=O)N1CCN(C/C=C/c2ccccc2)CC1)C(=O)c1cnccn1. The number of ether oxygens (including phenoxy) is 1. The van der Waals surface area contributed by atoms with E-state index in [-0.39, 0.29) is 23.9 Å². The third-order valence-corrected chi connectivity index (χ3v) is 5.43. The van der Waals surface area contributed by atoms with Gasteiger partial charge in [0.1, 0.15) is 5.69 Å². The van der Waals surface area contributed by atoms with E-state index >= 15 is 0 Å². The summed E-state index contributed by atoms with van der Waals surface area (Å²) in [5.74, 6) is -0.170. The Balaban J connectivity index is 1.43. The van der Waals surface area contributed by atoms with Gasteiger partial charge in [-0.15, -0.1) is 0 Å². The van der Waals surface area contributed by atoms with Crippen LogP contribution in [0.15, 0.2) is 55.0 Å². The second-order valence-corrected chi connectivity index (χ2v) is 7.62. The fourth-order valence-corrected chi connectivity index (χ4v) is 3.56. The highest BCUT2D eigenvalue weighted by molar-refractivity contribution is 5.92. The number of carbonyl (C=O) groups excluding carboxylic acids is 2. The average molecular weight is 438 g/mol. The molecule has 1 fully saturated rings. The van der Waals surface area contributed by atoms with Crippen molar-refractivity contribution in [3.63, 3.8) is 0 Å². The van der Waals surface area contributed by atoms with E-state index in [2.05, 4.69) is 39.2 Å². The molecule has 1 aliphatic heterocycles. The van der Waals surface area contributed by atoms with Crippen LogP contribution in [0.1, 0.15) is 22.5 Å². The van der Waals surface area contributed by atoms with E-state index in [1.165, 1.54) is 24.2 Å². The van der Waals surface area contributed by atoms with Crippen molar-refractivity contribution in [3.8, 4) is 0 Å². The second kappa shape index (κ2) is 12.7. The van der Waals surface area contributed by atoms with Crippen LogP contribution < -0.4 is 0 Å². The Labute approximate surface area is 189 Å². The predicted octanol–water partition coefficient (Wildman–Crippen LogP) is 1.81. The molecule has 0 unspecified atom stereocenters. The maximum atomic E-state index is 12.7. The topological polar surface area (TPSA) is 78.9 Å². The fraction of sp³-hybridized carbons (Fsp3) is 0.417. The van der Waals surface area contributed by atoms with Crippen LogP contribution in [0, 0.1) is 0 Å². The van der Waals surface area contributed by atoms with E-state index in [4.69, 9.17) is 4.74 Å². The minimum absolute atomic E-state index is 0.0684. The predicted molar refractivity (Wildman–Crippen MR) is 123 cm³/mol. The smallest absolute Gasteiger partial charge is 0.274 e. The summed E-state index contributed by atoms with van der Waals surface area (Å²) in [6.07, 6.45) is 9.02. The van der Waals surface area contributed by atoms with E-state index < -0.39 is 0 Å². The number of benzene rings is 1. The third kappa shape index (κ3) is 7.25. The van der Waals surface area contributed by atoms with Crippen LogP contribution in [0.3, 0.4) is 0 Å². The van der Waals surface area contributed by atoms with Crippen molar-refractivity contribution in [3.05, 3.63) is 66.3 Å². The summed E-state index contributed by atoms with van der Waals surface area (Å²) >= 11 is 0. The molecule has 8 nitrogen and oxygen atoms in total. The Morgan fingerprint density at radius 1 is 1.09 bits per heavy atom. The molecule has 32 heavy (non-hydrogen) atoms. The number of hydrogen-bond acceptors (Lipinski definition) is 6. The molecule has 1 aromatic carbocycles. The summed E-state index contributed by atoms with van der Waals surface area (Å²) in [6, 6.07) is 10.2. The lowest BCUT2D eigenvalue weighted by atomic mass is 10.2. The van der Waals surface area contributed by atoms with Gasteiger partial charge in [-0.3, -0.25) is 19.5 Å². The van der Waals surface area contributed by atoms with Gasteiger partial charge >= 0.3 is 0 Å². The summed E-state index contributed by atoms with van der Waals surface area (Å²) in [5.41, 5.74) is 1.46. The molecule has 1 aliphatic rings. The first-order valence-corrected chi connectivity index (χ1v) is 10.9. The van der Waals surface area contributed by atoms with Crippen LogP contribution in [-0.2, 0) is 9.53 Å². The summed E-state index contributed by atoms with van der Waals surface area (Å²) in [7, 11) is 1.59. The van der Waals surface area contributed by atoms with Gasteiger partial charge in [0.15, 0.2) is 0 Å². The van der Waals surface area contributed by atoms with Crippen LogP contribution in [0.2, 0.25) is 0 Å². The van der Waals surface area contributed by atoms with Gasteiger partial charge in [-0.25, -0.2) is 4.98 Å². The Morgan fingerprint density at radius 2 is 1.88 bits per heavy atom. The number of aromatic nitrogens is 2. The van der Waals surface area contributed by atoms with E-state index in [1.807, 2.05) is 23.1 Å². The maximum Gasteiger partial charge on any atom is 0.274 e. The zero-order valence-corrected chi connectivity index (χ0v) is 18.6. The molecule has 0 saturated carbocycles. The highest BCUT2D eigenvalue weighted by atomic mass is 16.5. The Kier molecular flexibility index (Phi) is 9.34. The molecule has 2 aromatic rings. The normalized spacial score (nSPS) is 14.6. The average Bonchev–Trinajstić information content (AvgIpc) is 2.85. The maximum absolute atomic E-state index is 12.7. The molecule has 0 spiro atoms. The van der Waals surface area contributed by atoms with Crippen LogP contribution in [0.5, 0.6) is 0 Å². The number of amides is 2. The molecule has 3 rings (SSSR count). The van der Waals surface area contributed by atoms with E-state index in [9.17, 15) is 9.59 Å². The standard InChI is InChI=1S/C24H31N5O3/c1-32-19-18-29(24(31)22-20-25-10-11-26-22)13-9-23(30)28-16-14-27(15-17-28)12-5-8-21-6-3-2-4-7-21/h2-8,10-11,20H,9,12-19H2,1H3/b8-5+. The number of rotatable bonds is 10. The molecule has 0 atom stereocenters. The summed E-state index contributed by atoms with van der Waals surface area (Å²) in [4.78, 5) is 39.3. The Hall–Kier alpha value is -3.10. The Bertz CT molecular complexity index is 868. The highest BCUT2D eigenvalue weighted by Crippen LogP contribution is 2.08. The van der Waals surface area contributed by atoms with Gasteiger partial charge < -0.3 is 14.5 Å². The molecular weight excluding hydrogens is 406 g/mol. The highest BCUT2D eigenvalue weighted by Gasteiger charge is 2.23. The molecule has 170 valence electrons. The molecule has 8 heteroatoms. The van der Waals surface area contributed by atoms with Gasteiger partial charge in [0.25, 0.3) is 5.91 Å². The molecular formula is C24H31N5O3. The number of nitrogens with zero attached hydrogens (tertiary/aromatic N) is 5. The summed E-state index contributed by atoms with van der Waals surface area (Å²) in [6.45, 7) is 5.10. The van der Waals surface area contributed by atoms with E-state index in [1.54, 1.807) is 12.0 Å². The molecule has 0 radical (unpaired) electrons. The van der Waals surface area contributed by atoms with E-state index in [0.29, 0.717) is 32.8 Å². The molecule has 1 saturated heterocycles. The minimum atomic E-state index is -0.238. The van der Waals surface area contributed by atoms with Crippen molar-refractivity contribution in [2.75, 3.05) is 59.5 Å². The molecule has 0 bridgehead atoms. The third-order valence-electron chi connectivity index (χ3n) is 5.43. The summed E-state index contributed by atoms with van der Waals surface area (Å²) in [5, 5.41) is 0. The zero-order valence-electron chi connectivity index (χ0n) is 18.6. The fourth-order valence-electron chi connectivity index (χ4n) is 3.56. The van der Waals surface area contributed by atoms with E-state index in [0.717, 1.165) is 19.6 Å². The van der Waals surface area contributed by atoms with Crippen molar-refractivity contribution < 1.29 is 14.3 Å². The lowest BCUT2D eigenvalue weighted by Crippen LogP contribution is -2.49. The molecule has 2 heterocycles. The minimum Gasteiger partial charge on any atom is -0.383 e. The van der Waals surface area contributed by atoms with Crippen molar-refractivity contribution in [1.82, 2.24) is 24.7 Å². The van der Waals surface area contributed by atoms with Crippen molar-refractivity contribution in [2.45, 2.75) is 6.42 Å². The zero-order chi connectivity index (χ0) is 22.6. The van der Waals surface area contributed by atoms with Crippen LogP contribution in [-0.4, -0.2) is 96.0 Å². The molecule has 0 N–H and O–H groups in total. The monoisotopic (exact) mass is 437 g/mol. The van der Waals surface area contributed by atoms with Crippen LogP contribution in [0.25, 0.3) is 6.08 Å². The first-order valence-electron chi connectivity index (χ1n) is 10.9. The van der Waals surface area contributed by atoms with Gasteiger partial charge in [0.2, 0.25) is 5.91 Å². The van der Waals surface area contributed by atoms with Gasteiger partial charge in [0, 0.05) is 71.7 Å². The van der Waals surface area contributed by atoms with Gasteiger partial charge in [-0.2, -0.15) is 0 Å². The largest absolute Gasteiger partial charge is 0.383 e. The number of hydrogen-bond donors (Lipinski definition) is 0. The molecule has 0 aliphatic carbocycles. The van der Waals surface area contributed by atoms with Crippen molar-refractivity contribution in [2.24, 2.45) is 0 Å². The number of methoxy groups -OCH3 is 1. The first-order chi connectivity index (χ1) is 15.7.